The highest BCUT2D eigenvalue weighted by Crippen LogP contribution is 2.33. The van der Waals surface area contributed by atoms with Crippen LogP contribution in [0.1, 0.15) is 10.4 Å². The van der Waals surface area contributed by atoms with Crippen molar-refractivity contribution in [2.75, 3.05) is 47.3 Å². The van der Waals surface area contributed by atoms with Crippen molar-refractivity contribution in [2.24, 2.45) is 0 Å². The molecule has 3 amide bonds. The molecule has 2 N–H and O–H groups in total. The van der Waals surface area contributed by atoms with E-state index in [1.54, 1.807) is 18.2 Å². The molecule has 0 saturated carbocycles. The molecule has 2 aliphatic heterocycles. The molecule has 29 heavy (non-hydrogen) atoms. The number of carbonyl (C=O) groups excluding carboxylic acids is 3. The quantitative estimate of drug-likeness (QED) is 0.437. The van der Waals surface area contributed by atoms with Gasteiger partial charge in [-0.05, 0) is 18.2 Å². The summed E-state index contributed by atoms with van der Waals surface area (Å²) in [4.78, 5) is 38.1. The van der Waals surface area contributed by atoms with E-state index in [1.165, 1.54) is 19.1 Å². The molecular weight excluding hydrogens is 386 g/mol. The minimum atomic E-state index is -0.845. The maximum absolute atomic E-state index is 12.8. The third-order valence-corrected chi connectivity index (χ3v) is 4.47. The Kier molecular flexibility index (Phi) is 6.86. The molecule has 1 saturated heterocycles. The summed E-state index contributed by atoms with van der Waals surface area (Å²) in [6, 6.07) is 4.91. The fourth-order valence-corrected chi connectivity index (χ4v) is 2.90. The number of fused-ring (bicyclic) bond motifs is 1. The minimum Gasteiger partial charge on any atom is -0.454 e. The summed E-state index contributed by atoms with van der Waals surface area (Å²) in [6.07, 6.45) is -1.34. The van der Waals surface area contributed by atoms with Crippen LogP contribution in [0.15, 0.2) is 18.2 Å². The molecule has 0 spiro atoms. The summed E-state index contributed by atoms with van der Waals surface area (Å²) in [5, 5.41) is 4.86. The first-order valence-corrected chi connectivity index (χ1v) is 8.97. The number of nitrogens with zero attached hydrogens (tertiary/aromatic N) is 1. The maximum atomic E-state index is 12.8. The number of ether oxygens (including phenoxy) is 5. The van der Waals surface area contributed by atoms with Crippen LogP contribution in [0.4, 0.5) is 0 Å². The Hall–Kier alpha value is -2.89. The third kappa shape index (κ3) is 4.94. The number of rotatable bonds is 7. The fourth-order valence-electron chi connectivity index (χ4n) is 2.90. The zero-order valence-corrected chi connectivity index (χ0v) is 16.1. The third-order valence-electron chi connectivity index (χ3n) is 4.47. The van der Waals surface area contributed by atoms with Gasteiger partial charge in [0.25, 0.3) is 5.91 Å². The average molecular weight is 409 g/mol. The van der Waals surface area contributed by atoms with E-state index in [0.29, 0.717) is 30.2 Å². The molecule has 2 aliphatic rings. The molecule has 1 atom stereocenters. The van der Waals surface area contributed by atoms with Gasteiger partial charge in [0.05, 0.1) is 19.7 Å². The molecule has 0 radical (unpaired) electrons. The van der Waals surface area contributed by atoms with Gasteiger partial charge in [-0.1, -0.05) is 0 Å². The summed E-state index contributed by atoms with van der Waals surface area (Å²) in [5.41, 5.74) is 0.416. The van der Waals surface area contributed by atoms with Gasteiger partial charge < -0.3 is 39.2 Å². The molecule has 0 aliphatic carbocycles. The van der Waals surface area contributed by atoms with Crippen LogP contribution in [0.5, 0.6) is 11.5 Å². The predicted octanol–water partition coefficient (Wildman–Crippen LogP) is -0.935. The van der Waals surface area contributed by atoms with E-state index >= 15 is 0 Å². The van der Waals surface area contributed by atoms with E-state index in [2.05, 4.69) is 10.6 Å². The van der Waals surface area contributed by atoms with Crippen LogP contribution in [-0.2, 0) is 23.8 Å². The Balaban J connectivity index is 1.52. The lowest BCUT2D eigenvalue weighted by Gasteiger charge is -2.23. The monoisotopic (exact) mass is 409 g/mol. The number of hydrogen-bond acceptors (Lipinski definition) is 8. The summed E-state index contributed by atoms with van der Waals surface area (Å²) >= 11 is 0. The highest BCUT2D eigenvalue weighted by Gasteiger charge is 2.32. The van der Waals surface area contributed by atoms with Crippen molar-refractivity contribution in [2.45, 2.75) is 12.5 Å². The molecule has 11 heteroatoms. The summed E-state index contributed by atoms with van der Waals surface area (Å²) in [7, 11) is 2.84. The van der Waals surface area contributed by atoms with E-state index in [9.17, 15) is 14.4 Å². The molecule has 158 valence electrons. The summed E-state index contributed by atoms with van der Waals surface area (Å²) in [6.45, 7) is 0.802. The second-order valence-electron chi connectivity index (χ2n) is 6.21. The molecular formula is C18H23N3O8. The van der Waals surface area contributed by atoms with Crippen LogP contribution in [0.2, 0.25) is 0 Å². The summed E-state index contributed by atoms with van der Waals surface area (Å²) in [5.74, 6) is -0.869. The van der Waals surface area contributed by atoms with Crippen molar-refractivity contribution in [3.63, 3.8) is 0 Å². The molecule has 2 heterocycles. The Labute approximate surface area is 167 Å². The molecule has 1 fully saturated rings. The van der Waals surface area contributed by atoms with E-state index in [1.807, 2.05) is 0 Å². The van der Waals surface area contributed by atoms with Gasteiger partial charge in [0.15, 0.2) is 17.8 Å². The maximum Gasteiger partial charge on any atom is 0.309 e. The van der Waals surface area contributed by atoms with Crippen molar-refractivity contribution in [3.8, 4) is 11.5 Å². The van der Waals surface area contributed by atoms with Gasteiger partial charge >= 0.3 is 11.8 Å². The Bertz CT molecular complexity index is 767. The van der Waals surface area contributed by atoms with Gasteiger partial charge in [-0.2, -0.15) is 0 Å². The molecule has 0 aromatic heterocycles. The van der Waals surface area contributed by atoms with Gasteiger partial charge in [0.2, 0.25) is 6.79 Å². The van der Waals surface area contributed by atoms with Crippen molar-refractivity contribution in [3.05, 3.63) is 23.8 Å². The van der Waals surface area contributed by atoms with Crippen molar-refractivity contribution in [1.29, 1.82) is 0 Å². The average Bonchev–Trinajstić information content (AvgIpc) is 3.40. The van der Waals surface area contributed by atoms with Crippen molar-refractivity contribution < 1.29 is 38.1 Å². The highest BCUT2D eigenvalue weighted by molar-refractivity contribution is 6.35. The van der Waals surface area contributed by atoms with Gasteiger partial charge in [0.1, 0.15) is 6.23 Å². The second kappa shape index (κ2) is 9.54. The highest BCUT2D eigenvalue weighted by atomic mass is 16.7. The second-order valence-corrected chi connectivity index (χ2v) is 6.21. The first-order valence-electron chi connectivity index (χ1n) is 8.97. The lowest BCUT2D eigenvalue weighted by Crippen LogP contribution is -2.48. The van der Waals surface area contributed by atoms with Crippen LogP contribution in [-0.4, -0.2) is 82.4 Å². The number of hydrogen-bond donors (Lipinski definition) is 2. The smallest absolute Gasteiger partial charge is 0.309 e. The van der Waals surface area contributed by atoms with Crippen LogP contribution in [0.3, 0.4) is 0 Å². The first kappa shape index (κ1) is 20.8. The van der Waals surface area contributed by atoms with E-state index < -0.39 is 24.3 Å². The van der Waals surface area contributed by atoms with Crippen LogP contribution >= 0.6 is 0 Å². The van der Waals surface area contributed by atoms with E-state index in [0.717, 1.165) is 0 Å². The topological polar surface area (TPSA) is 125 Å². The van der Waals surface area contributed by atoms with Crippen molar-refractivity contribution in [1.82, 2.24) is 15.5 Å². The number of benzene rings is 1. The largest absolute Gasteiger partial charge is 0.454 e. The molecule has 11 nitrogen and oxygen atoms in total. The Morgan fingerprint density at radius 1 is 1.14 bits per heavy atom. The number of methoxy groups -OCH3 is 2. The van der Waals surface area contributed by atoms with E-state index in [4.69, 9.17) is 23.7 Å². The number of carbonyl (C=O) groups is 3. The fraction of sp³-hybridized carbons (Fsp3) is 0.500. The summed E-state index contributed by atoms with van der Waals surface area (Å²) < 4.78 is 25.9. The number of nitrogens with one attached hydrogen (secondary N) is 2. The molecule has 1 aromatic carbocycles. The van der Waals surface area contributed by atoms with E-state index in [-0.39, 0.29) is 25.8 Å². The predicted molar refractivity (Wildman–Crippen MR) is 97.2 cm³/mol. The van der Waals surface area contributed by atoms with Crippen molar-refractivity contribution >= 4 is 17.7 Å². The molecule has 3 rings (SSSR count). The van der Waals surface area contributed by atoms with Gasteiger partial charge in [0, 0.05) is 26.3 Å². The SMILES string of the molecule is COC(CNC(=O)C(=O)NC[C@@H]1OCCN1C(=O)c1ccc2c(c1)OCO2)OC. The Morgan fingerprint density at radius 3 is 2.62 bits per heavy atom. The van der Waals surface area contributed by atoms with Crippen LogP contribution in [0, 0.1) is 0 Å². The molecule has 0 unspecified atom stereocenters. The first-order chi connectivity index (χ1) is 14.0. The molecule has 0 bridgehead atoms. The zero-order chi connectivity index (χ0) is 20.8. The lowest BCUT2D eigenvalue weighted by atomic mass is 10.1. The minimum absolute atomic E-state index is 0.0217. The van der Waals surface area contributed by atoms with Gasteiger partial charge in [-0.25, -0.2) is 0 Å². The van der Waals surface area contributed by atoms with Crippen LogP contribution in [0.25, 0.3) is 0 Å². The Morgan fingerprint density at radius 2 is 1.86 bits per heavy atom. The zero-order valence-electron chi connectivity index (χ0n) is 16.1. The standard InChI is InChI=1S/C18H23N3O8/c1-25-15(26-2)9-20-17(23)16(22)19-8-14-21(5-6-27-14)18(24)11-3-4-12-13(7-11)29-10-28-12/h3-4,7,14-15H,5-6,8-10H2,1-2H3,(H,19,22)(H,20,23)/t14-/m0/s1. The molecule has 1 aromatic rings. The normalized spacial score (nSPS) is 17.5. The lowest BCUT2D eigenvalue weighted by molar-refractivity contribution is -0.142. The van der Waals surface area contributed by atoms with Gasteiger partial charge in [-0.15, -0.1) is 0 Å². The number of amides is 3. The van der Waals surface area contributed by atoms with Gasteiger partial charge in [-0.3, -0.25) is 14.4 Å². The van der Waals surface area contributed by atoms with Crippen LogP contribution < -0.4 is 20.1 Å².